The number of Topliss-reactive ketones (excluding diaryl/α,β-unsaturated/α-hetero) is 1. The zero-order chi connectivity index (χ0) is 20.9. The minimum absolute atomic E-state index is 0.110. The molecule has 6 heteroatoms. The van der Waals surface area contributed by atoms with Gasteiger partial charge in [-0.2, -0.15) is 0 Å². The van der Waals surface area contributed by atoms with Crippen LogP contribution in [0, 0.1) is 5.41 Å². The lowest BCUT2D eigenvalue weighted by molar-refractivity contribution is -0.123. The van der Waals surface area contributed by atoms with Crippen molar-refractivity contribution in [3.05, 3.63) is 59.7 Å². The van der Waals surface area contributed by atoms with Gasteiger partial charge in [0.15, 0.2) is 6.10 Å². The third kappa shape index (κ3) is 5.45. The fourth-order valence-corrected chi connectivity index (χ4v) is 2.95. The van der Waals surface area contributed by atoms with Crippen molar-refractivity contribution in [2.24, 2.45) is 5.41 Å². The second-order valence-electron chi connectivity index (χ2n) is 7.39. The molecule has 0 saturated heterocycles. The van der Waals surface area contributed by atoms with Gasteiger partial charge in [0.05, 0.1) is 5.56 Å². The van der Waals surface area contributed by atoms with Crippen molar-refractivity contribution in [2.45, 2.75) is 38.7 Å². The topological polar surface area (TPSA) is 72.5 Å². The van der Waals surface area contributed by atoms with Gasteiger partial charge in [0.2, 0.25) is 11.7 Å². The molecule has 148 valence electrons. The molecular weight excluding hydrogens is 374 g/mol. The number of thioether (sulfide) groups is 1. The molecule has 0 spiro atoms. The van der Waals surface area contributed by atoms with Gasteiger partial charge in [-0.25, -0.2) is 4.79 Å². The molecular formula is C22H25NO4S. The Balaban J connectivity index is 2.05. The highest BCUT2D eigenvalue weighted by Gasteiger charge is 2.23. The van der Waals surface area contributed by atoms with Crippen molar-refractivity contribution < 1.29 is 19.1 Å². The number of amides is 1. The van der Waals surface area contributed by atoms with Gasteiger partial charge in [0.1, 0.15) is 0 Å². The number of hydrogen-bond donors (Lipinski definition) is 1. The molecule has 0 bridgehead atoms. The summed E-state index contributed by atoms with van der Waals surface area (Å²) in [5.41, 5.74) is 0.946. The standard InChI is InChI=1S/C22H25NO4S/c1-14(27-20(25)17-8-6-7-9-18(17)28-5)19(24)15-10-12-16(13-11-15)23-21(26)22(2,3)4/h6-14H,1-5H3,(H,23,26)/t14-/m1/s1. The molecule has 0 unspecified atom stereocenters. The van der Waals surface area contributed by atoms with Crippen molar-refractivity contribution in [2.75, 3.05) is 11.6 Å². The van der Waals surface area contributed by atoms with Crippen molar-refractivity contribution in [3.63, 3.8) is 0 Å². The van der Waals surface area contributed by atoms with Crippen molar-refractivity contribution in [1.82, 2.24) is 0 Å². The molecule has 0 radical (unpaired) electrons. The SMILES string of the molecule is CSc1ccccc1C(=O)O[C@H](C)C(=O)c1ccc(NC(=O)C(C)(C)C)cc1. The molecule has 0 aliphatic rings. The van der Waals surface area contributed by atoms with E-state index in [2.05, 4.69) is 5.32 Å². The van der Waals surface area contributed by atoms with E-state index in [1.807, 2.05) is 39.2 Å². The van der Waals surface area contributed by atoms with Crippen molar-refractivity contribution >= 4 is 35.1 Å². The highest BCUT2D eigenvalue weighted by molar-refractivity contribution is 7.98. The average molecular weight is 400 g/mol. The van der Waals surface area contributed by atoms with Crippen LogP contribution in [0.15, 0.2) is 53.4 Å². The lowest BCUT2D eigenvalue weighted by Gasteiger charge is -2.18. The Bertz CT molecular complexity index is 869. The molecule has 0 heterocycles. The van der Waals surface area contributed by atoms with Crippen LogP contribution in [0.3, 0.4) is 0 Å². The third-order valence-corrected chi connectivity index (χ3v) is 4.88. The average Bonchev–Trinajstić information content (AvgIpc) is 2.67. The molecule has 0 aliphatic heterocycles. The molecule has 0 aliphatic carbocycles. The second kappa shape index (κ2) is 9.06. The van der Waals surface area contributed by atoms with Crippen LogP contribution >= 0.6 is 11.8 Å². The summed E-state index contributed by atoms with van der Waals surface area (Å²) in [6.45, 7) is 7.03. The lowest BCUT2D eigenvalue weighted by Crippen LogP contribution is -2.27. The molecule has 1 N–H and O–H groups in total. The maximum atomic E-state index is 12.6. The van der Waals surface area contributed by atoms with E-state index in [-0.39, 0.29) is 11.7 Å². The Morgan fingerprint density at radius 2 is 1.61 bits per heavy atom. The monoisotopic (exact) mass is 399 g/mol. The second-order valence-corrected chi connectivity index (χ2v) is 8.24. The number of esters is 1. The number of hydrogen-bond acceptors (Lipinski definition) is 5. The summed E-state index contributed by atoms with van der Waals surface area (Å²) in [5, 5.41) is 2.81. The number of carbonyl (C=O) groups is 3. The van der Waals surface area contributed by atoms with Gasteiger partial charge in [0.25, 0.3) is 0 Å². The molecule has 1 amide bonds. The van der Waals surface area contributed by atoms with E-state index in [0.29, 0.717) is 16.8 Å². The van der Waals surface area contributed by atoms with E-state index in [1.165, 1.54) is 11.8 Å². The molecule has 28 heavy (non-hydrogen) atoms. The van der Waals surface area contributed by atoms with E-state index in [9.17, 15) is 14.4 Å². The normalized spacial score (nSPS) is 12.2. The van der Waals surface area contributed by atoms with Crippen LogP contribution in [0.5, 0.6) is 0 Å². The highest BCUT2D eigenvalue weighted by Crippen LogP contribution is 2.22. The predicted molar refractivity (Wildman–Crippen MR) is 112 cm³/mol. The van der Waals surface area contributed by atoms with Crippen LogP contribution in [0.1, 0.15) is 48.4 Å². The molecule has 2 rings (SSSR count). The quantitative estimate of drug-likeness (QED) is 0.428. The maximum absolute atomic E-state index is 12.6. The summed E-state index contributed by atoms with van der Waals surface area (Å²) in [6.07, 6.45) is 0.957. The molecule has 2 aromatic carbocycles. The van der Waals surface area contributed by atoms with Gasteiger partial charge in [-0.1, -0.05) is 32.9 Å². The summed E-state index contributed by atoms with van der Waals surface area (Å²) < 4.78 is 5.36. The third-order valence-electron chi connectivity index (χ3n) is 4.09. The van der Waals surface area contributed by atoms with Gasteiger partial charge < -0.3 is 10.1 Å². The number of nitrogens with one attached hydrogen (secondary N) is 1. The first kappa shape index (κ1) is 21.7. The lowest BCUT2D eigenvalue weighted by atomic mass is 9.95. The minimum atomic E-state index is -0.919. The fourth-order valence-electron chi connectivity index (χ4n) is 2.36. The largest absolute Gasteiger partial charge is 0.451 e. The Kier molecular flexibility index (Phi) is 7.02. The molecule has 1 atom stereocenters. The molecule has 0 aromatic heterocycles. The Labute approximate surface area is 169 Å². The predicted octanol–water partition coefficient (Wildman–Crippen LogP) is 4.82. The Morgan fingerprint density at radius 3 is 2.18 bits per heavy atom. The molecule has 0 fully saturated rings. The number of benzene rings is 2. The number of anilines is 1. The van der Waals surface area contributed by atoms with Gasteiger partial charge in [-0.3, -0.25) is 9.59 Å². The molecule has 2 aromatic rings. The summed E-state index contributed by atoms with van der Waals surface area (Å²) in [6, 6.07) is 13.7. The smallest absolute Gasteiger partial charge is 0.339 e. The van der Waals surface area contributed by atoms with E-state index in [0.717, 1.165) is 4.90 Å². The maximum Gasteiger partial charge on any atom is 0.339 e. The van der Waals surface area contributed by atoms with Crippen LogP contribution in [-0.4, -0.2) is 30.0 Å². The number of carbonyl (C=O) groups excluding carboxylic acids is 3. The van der Waals surface area contributed by atoms with Crippen LogP contribution in [0.4, 0.5) is 5.69 Å². The van der Waals surface area contributed by atoms with Crippen LogP contribution < -0.4 is 5.32 Å². The summed E-state index contributed by atoms with van der Waals surface area (Å²) in [4.78, 5) is 37.8. The molecule has 5 nitrogen and oxygen atoms in total. The van der Waals surface area contributed by atoms with Gasteiger partial charge in [-0.15, -0.1) is 11.8 Å². The first-order valence-electron chi connectivity index (χ1n) is 8.93. The minimum Gasteiger partial charge on any atom is -0.451 e. The first-order chi connectivity index (χ1) is 13.1. The highest BCUT2D eigenvalue weighted by atomic mass is 32.2. The van der Waals surface area contributed by atoms with Gasteiger partial charge in [0, 0.05) is 21.6 Å². The van der Waals surface area contributed by atoms with Crippen LogP contribution in [0.2, 0.25) is 0 Å². The van der Waals surface area contributed by atoms with E-state index >= 15 is 0 Å². The van der Waals surface area contributed by atoms with Crippen LogP contribution in [0.25, 0.3) is 0 Å². The van der Waals surface area contributed by atoms with Gasteiger partial charge >= 0.3 is 5.97 Å². The Morgan fingerprint density at radius 1 is 1.00 bits per heavy atom. The summed E-state index contributed by atoms with van der Waals surface area (Å²) in [7, 11) is 0. The van der Waals surface area contributed by atoms with E-state index in [1.54, 1.807) is 43.3 Å². The van der Waals surface area contributed by atoms with Gasteiger partial charge in [-0.05, 0) is 49.6 Å². The zero-order valence-corrected chi connectivity index (χ0v) is 17.6. The zero-order valence-electron chi connectivity index (χ0n) is 16.7. The van der Waals surface area contributed by atoms with E-state index in [4.69, 9.17) is 4.74 Å². The first-order valence-corrected chi connectivity index (χ1v) is 10.2. The molecule has 0 saturated carbocycles. The Hall–Kier alpha value is -2.60. The summed E-state index contributed by atoms with van der Waals surface area (Å²) >= 11 is 1.44. The number of ketones is 1. The van der Waals surface area contributed by atoms with Crippen LogP contribution in [-0.2, 0) is 9.53 Å². The fraction of sp³-hybridized carbons (Fsp3) is 0.318. The van der Waals surface area contributed by atoms with E-state index < -0.39 is 17.5 Å². The number of rotatable bonds is 6. The number of ether oxygens (including phenoxy) is 1. The summed E-state index contributed by atoms with van der Waals surface area (Å²) in [5.74, 6) is -0.940. The van der Waals surface area contributed by atoms with Crippen molar-refractivity contribution in [3.8, 4) is 0 Å². The van der Waals surface area contributed by atoms with Crippen molar-refractivity contribution in [1.29, 1.82) is 0 Å².